The van der Waals surface area contributed by atoms with E-state index >= 15 is 0 Å². The summed E-state index contributed by atoms with van der Waals surface area (Å²) in [7, 11) is 4.03. The van der Waals surface area contributed by atoms with Gasteiger partial charge in [0.1, 0.15) is 35.0 Å². The molecule has 0 unspecified atom stereocenters. The smallest absolute Gasteiger partial charge is 0.275 e. The number of aromatic nitrogens is 2. The molecule has 0 aliphatic carbocycles. The Morgan fingerprint density at radius 2 is 1.74 bits per heavy atom. The van der Waals surface area contributed by atoms with Gasteiger partial charge in [-0.2, -0.15) is 0 Å². The fourth-order valence-electron chi connectivity index (χ4n) is 3.99. The molecule has 0 fully saturated rings. The highest BCUT2D eigenvalue weighted by Crippen LogP contribution is 2.42. The molecule has 0 spiro atoms. The Morgan fingerprint density at radius 3 is 2.31 bits per heavy atom. The minimum atomic E-state index is -0.402. The largest absolute Gasteiger partial charge is 0.492 e. The van der Waals surface area contributed by atoms with Crippen molar-refractivity contribution in [3.8, 4) is 16.2 Å². The molecule has 0 atom stereocenters. The molecule has 35 heavy (non-hydrogen) atoms. The molecule has 1 aliphatic heterocycles. The normalized spacial score (nSPS) is 13.6. The van der Waals surface area contributed by atoms with Crippen LogP contribution in [0.5, 0.6) is 5.75 Å². The van der Waals surface area contributed by atoms with Gasteiger partial charge in [0, 0.05) is 23.0 Å². The van der Waals surface area contributed by atoms with E-state index in [1.165, 1.54) is 6.33 Å². The van der Waals surface area contributed by atoms with Crippen LogP contribution < -0.4 is 15.0 Å². The summed E-state index contributed by atoms with van der Waals surface area (Å²) in [5.41, 5.74) is 2.83. The molecular formula is C25H30ClN5O3S. The second-order valence-electron chi connectivity index (χ2n) is 8.83. The van der Waals surface area contributed by atoms with Gasteiger partial charge in [-0.3, -0.25) is 14.9 Å². The van der Waals surface area contributed by atoms with Crippen LogP contribution in [-0.4, -0.2) is 60.0 Å². The van der Waals surface area contributed by atoms with Gasteiger partial charge in [0.05, 0.1) is 5.39 Å². The monoisotopic (exact) mass is 515 g/mol. The number of anilines is 1. The number of likely N-dealkylation sites (N-methyl/N-ethyl adjacent to an activating group) is 1. The number of aryl methyl sites for hydroxylation is 1. The number of benzene rings is 1. The SMILES string of the molecule is CC1=C(N(c2ncnc3sc(-c4ccc(OCCN(C)C)cc4)c(C)c23)C(C)C)C(=O)NC1=O.Cl. The molecule has 2 aromatic heterocycles. The molecule has 4 rings (SSSR count). The second-order valence-corrected chi connectivity index (χ2v) is 9.83. The molecule has 1 N–H and O–H groups in total. The van der Waals surface area contributed by atoms with Gasteiger partial charge >= 0.3 is 0 Å². The number of nitrogens with zero attached hydrogens (tertiary/aromatic N) is 4. The van der Waals surface area contributed by atoms with Gasteiger partial charge in [0.25, 0.3) is 11.8 Å². The highest BCUT2D eigenvalue weighted by Gasteiger charge is 2.35. The predicted octanol–water partition coefficient (Wildman–Crippen LogP) is 4.17. The predicted molar refractivity (Wildman–Crippen MR) is 142 cm³/mol. The summed E-state index contributed by atoms with van der Waals surface area (Å²) >= 11 is 1.58. The molecule has 186 valence electrons. The van der Waals surface area contributed by atoms with E-state index in [4.69, 9.17) is 4.74 Å². The summed E-state index contributed by atoms with van der Waals surface area (Å²) in [6, 6.07) is 7.95. The molecule has 2 amide bonds. The van der Waals surface area contributed by atoms with Crippen molar-refractivity contribution in [1.82, 2.24) is 20.2 Å². The van der Waals surface area contributed by atoms with Gasteiger partial charge in [-0.25, -0.2) is 9.97 Å². The Morgan fingerprint density at radius 1 is 1.06 bits per heavy atom. The number of carbonyl (C=O) groups excluding carboxylic acids is 2. The van der Waals surface area contributed by atoms with E-state index in [2.05, 4.69) is 20.2 Å². The van der Waals surface area contributed by atoms with E-state index in [-0.39, 0.29) is 24.4 Å². The molecule has 1 aromatic carbocycles. The lowest BCUT2D eigenvalue weighted by Gasteiger charge is -2.28. The first-order valence-electron chi connectivity index (χ1n) is 11.2. The van der Waals surface area contributed by atoms with Crippen molar-refractivity contribution in [2.75, 3.05) is 32.1 Å². The van der Waals surface area contributed by atoms with Crippen molar-refractivity contribution in [3.05, 3.63) is 47.4 Å². The number of thiophene rings is 1. The number of hydrogen-bond acceptors (Lipinski definition) is 8. The summed E-state index contributed by atoms with van der Waals surface area (Å²) in [5, 5.41) is 3.28. The van der Waals surface area contributed by atoms with Crippen LogP contribution in [0, 0.1) is 6.92 Å². The number of rotatable bonds is 8. The van der Waals surface area contributed by atoms with Gasteiger partial charge < -0.3 is 14.5 Å². The maximum Gasteiger partial charge on any atom is 0.275 e. The minimum Gasteiger partial charge on any atom is -0.492 e. The van der Waals surface area contributed by atoms with E-state index in [0.29, 0.717) is 23.7 Å². The molecule has 0 radical (unpaired) electrons. The van der Waals surface area contributed by atoms with Crippen molar-refractivity contribution in [1.29, 1.82) is 0 Å². The summed E-state index contributed by atoms with van der Waals surface area (Å²) in [4.78, 5) is 39.7. The van der Waals surface area contributed by atoms with Gasteiger partial charge in [-0.15, -0.1) is 23.7 Å². The van der Waals surface area contributed by atoms with Gasteiger partial charge in [-0.05, 0) is 77.2 Å². The van der Waals surface area contributed by atoms with Gasteiger partial charge in [-0.1, -0.05) is 0 Å². The highest BCUT2D eigenvalue weighted by atomic mass is 35.5. The first-order chi connectivity index (χ1) is 16.2. The Bertz CT molecular complexity index is 1280. The van der Waals surface area contributed by atoms with E-state index < -0.39 is 5.91 Å². The van der Waals surface area contributed by atoms with E-state index in [1.54, 1.807) is 18.3 Å². The fraction of sp³-hybridized carbons (Fsp3) is 0.360. The summed E-state index contributed by atoms with van der Waals surface area (Å²) in [6.45, 7) is 9.14. The number of ether oxygens (including phenoxy) is 1. The third-order valence-electron chi connectivity index (χ3n) is 5.75. The van der Waals surface area contributed by atoms with Crippen LogP contribution in [0.1, 0.15) is 26.3 Å². The van der Waals surface area contributed by atoms with Gasteiger partial charge in [0.2, 0.25) is 0 Å². The zero-order valence-corrected chi connectivity index (χ0v) is 22.3. The Kier molecular flexibility index (Phi) is 8.15. The van der Waals surface area contributed by atoms with Crippen LogP contribution in [0.3, 0.4) is 0 Å². The minimum absolute atomic E-state index is 0. The zero-order chi connectivity index (χ0) is 24.6. The maximum atomic E-state index is 12.6. The third kappa shape index (κ3) is 5.17. The van der Waals surface area contributed by atoms with Crippen LogP contribution in [-0.2, 0) is 9.59 Å². The average Bonchev–Trinajstić information content (AvgIpc) is 3.25. The lowest BCUT2D eigenvalue weighted by atomic mass is 10.1. The summed E-state index contributed by atoms with van der Waals surface area (Å²) < 4.78 is 5.82. The quantitative estimate of drug-likeness (QED) is 0.450. The standard InChI is InChI=1S/C25H29N5O3S.ClH/c1-14(2)30(20-16(4)23(31)28-24(20)32)22-19-15(3)21(34-25(19)27-13-26-22)17-7-9-18(10-8-17)33-12-11-29(5)6;/h7-10,13-14H,11-12H2,1-6H3,(H,28,31,32);1H. The van der Waals surface area contributed by atoms with E-state index in [9.17, 15) is 9.59 Å². The van der Waals surface area contributed by atoms with Crippen LogP contribution >= 0.6 is 23.7 Å². The molecule has 0 saturated carbocycles. The summed E-state index contributed by atoms with van der Waals surface area (Å²) in [5.74, 6) is 0.686. The third-order valence-corrected chi connectivity index (χ3v) is 7.00. The topological polar surface area (TPSA) is 87.7 Å². The Hall–Kier alpha value is -3.01. The molecule has 10 heteroatoms. The van der Waals surface area contributed by atoms with Crippen molar-refractivity contribution < 1.29 is 14.3 Å². The number of hydrogen-bond donors (Lipinski definition) is 1. The Labute approximate surface area is 215 Å². The first kappa shape index (κ1) is 26.6. The number of imide groups is 1. The zero-order valence-electron chi connectivity index (χ0n) is 20.7. The summed E-state index contributed by atoms with van der Waals surface area (Å²) in [6.07, 6.45) is 1.51. The highest BCUT2D eigenvalue weighted by molar-refractivity contribution is 7.22. The van der Waals surface area contributed by atoms with Crippen molar-refractivity contribution in [2.45, 2.75) is 33.7 Å². The molecule has 0 saturated heterocycles. The van der Waals surface area contributed by atoms with E-state index in [0.717, 1.165) is 38.5 Å². The fourth-order valence-corrected chi connectivity index (χ4v) is 5.14. The number of fused-ring (bicyclic) bond motifs is 1. The molecular weight excluding hydrogens is 486 g/mol. The molecule has 0 bridgehead atoms. The van der Waals surface area contributed by atoms with E-state index in [1.807, 2.05) is 64.0 Å². The maximum absolute atomic E-state index is 12.6. The Balaban J connectivity index is 0.00000342. The number of halogens is 1. The molecule has 3 heterocycles. The van der Waals surface area contributed by atoms with Crippen LogP contribution in [0.15, 0.2) is 41.9 Å². The average molecular weight is 516 g/mol. The van der Waals surface area contributed by atoms with Crippen molar-refractivity contribution >= 4 is 51.6 Å². The second kappa shape index (κ2) is 10.7. The first-order valence-corrected chi connectivity index (χ1v) is 12.0. The lowest BCUT2D eigenvalue weighted by molar-refractivity contribution is -0.124. The number of amides is 2. The molecule has 3 aromatic rings. The number of nitrogens with one attached hydrogen (secondary N) is 1. The van der Waals surface area contributed by atoms with Crippen molar-refractivity contribution in [2.24, 2.45) is 0 Å². The number of carbonyl (C=O) groups is 2. The molecule has 1 aliphatic rings. The van der Waals surface area contributed by atoms with Gasteiger partial charge in [0.15, 0.2) is 0 Å². The van der Waals surface area contributed by atoms with Crippen molar-refractivity contribution in [3.63, 3.8) is 0 Å². The van der Waals surface area contributed by atoms with Crippen LogP contribution in [0.4, 0.5) is 5.82 Å². The van der Waals surface area contributed by atoms with Crippen LogP contribution in [0.2, 0.25) is 0 Å². The molecule has 8 nitrogen and oxygen atoms in total. The van der Waals surface area contributed by atoms with Crippen LogP contribution in [0.25, 0.3) is 20.7 Å². The lowest BCUT2D eigenvalue weighted by Crippen LogP contribution is -2.36.